The normalized spacial score (nSPS) is 10.5. The first-order valence-electron chi connectivity index (χ1n) is 5.87. The zero-order valence-electron chi connectivity index (χ0n) is 11.3. The lowest BCUT2D eigenvalue weighted by Gasteiger charge is -2.40. The molecule has 0 heterocycles. The summed E-state index contributed by atoms with van der Waals surface area (Å²) < 4.78 is 0. The van der Waals surface area contributed by atoms with E-state index in [0.29, 0.717) is 17.8 Å². The van der Waals surface area contributed by atoms with Crippen molar-refractivity contribution in [2.45, 2.75) is 41.5 Å². The molecular weight excluding hydrogens is 192 g/mol. The molecule has 0 aliphatic heterocycles. The van der Waals surface area contributed by atoms with E-state index >= 15 is 0 Å². The number of hydrogen-bond acceptors (Lipinski definition) is 0. The molecule has 0 bridgehead atoms. The van der Waals surface area contributed by atoms with Crippen LogP contribution in [0.15, 0.2) is 0 Å². The van der Waals surface area contributed by atoms with Gasteiger partial charge in [-0.1, -0.05) is 47.5 Å². The fourth-order valence-electron chi connectivity index (χ4n) is 2.64. The molecule has 0 radical (unpaired) electrons. The summed E-state index contributed by atoms with van der Waals surface area (Å²) in [6.07, 6.45) is 5.07. The van der Waals surface area contributed by atoms with Gasteiger partial charge in [-0.15, -0.1) is 6.42 Å². The van der Waals surface area contributed by atoms with Crippen LogP contribution < -0.4 is 0 Å². The number of rotatable bonds is 3. The van der Waals surface area contributed by atoms with Gasteiger partial charge in [-0.05, 0) is 41.4 Å². The van der Waals surface area contributed by atoms with E-state index in [1.54, 1.807) is 0 Å². The van der Waals surface area contributed by atoms with Crippen molar-refractivity contribution in [2.75, 3.05) is 0 Å². The van der Waals surface area contributed by atoms with Gasteiger partial charge >= 0.3 is 0 Å². The van der Waals surface area contributed by atoms with E-state index in [0.717, 1.165) is 0 Å². The largest absolute Gasteiger partial charge is 0.106 e. The molecule has 86 valence electrons. The van der Waals surface area contributed by atoms with E-state index < -0.39 is 0 Å². The lowest BCUT2D eigenvalue weighted by Crippen LogP contribution is -2.37. The van der Waals surface area contributed by atoms with E-state index in [1.165, 1.54) is 0 Å². The Bertz CT molecular complexity index is 344. The average molecular weight is 214 g/mol. The van der Waals surface area contributed by atoms with Crippen LogP contribution in [0, 0.1) is 59.2 Å². The van der Waals surface area contributed by atoms with Gasteiger partial charge in [0, 0.05) is 5.41 Å². The minimum absolute atomic E-state index is 0.0171. The van der Waals surface area contributed by atoms with Gasteiger partial charge in [0.1, 0.15) is 0 Å². The van der Waals surface area contributed by atoms with Crippen molar-refractivity contribution >= 4 is 0 Å². The molecule has 16 heavy (non-hydrogen) atoms. The Balaban J connectivity index is 5.37. The maximum Gasteiger partial charge on any atom is 0.0393 e. The van der Waals surface area contributed by atoms with Crippen LogP contribution in [-0.4, -0.2) is 0 Å². The number of terminal acetylenes is 1. The molecule has 0 saturated carbocycles. The van der Waals surface area contributed by atoms with Gasteiger partial charge in [-0.2, -0.15) is 0 Å². The fraction of sp³-hybridized carbons (Fsp3) is 0.625. The minimum atomic E-state index is 0.0171. The first-order valence-corrected chi connectivity index (χ1v) is 5.87. The molecule has 0 saturated heterocycles. The van der Waals surface area contributed by atoms with Crippen molar-refractivity contribution in [1.29, 1.82) is 0 Å². The van der Waals surface area contributed by atoms with Gasteiger partial charge in [0.05, 0.1) is 0 Å². The summed E-state index contributed by atoms with van der Waals surface area (Å²) >= 11 is 0. The molecule has 0 aliphatic carbocycles. The molecule has 0 N–H and O–H groups in total. The van der Waals surface area contributed by atoms with Gasteiger partial charge in [-0.25, -0.2) is 0 Å². The van der Waals surface area contributed by atoms with Crippen LogP contribution in [0.2, 0.25) is 0 Å². The van der Waals surface area contributed by atoms with Crippen LogP contribution in [0.5, 0.6) is 0 Å². The van der Waals surface area contributed by atoms with Crippen molar-refractivity contribution in [3.05, 3.63) is 0 Å². The minimum Gasteiger partial charge on any atom is -0.106 e. The summed E-state index contributed by atoms with van der Waals surface area (Å²) in [5.41, 5.74) is 0.0171. The van der Waals surface area contributed by atoms with E-state index in [9.17, 15) is 0 Å². The zero-order valence-corrected chi connectivity index (χ0v) is 11.3. The summed E-state index contributed by atoms with van der Waals surface area (Å²) in [5, 5.41) is 0. The molecule has 0 amide bonds. The highest BCUT2D eigenvalue weighted by Crippen LogP contribution is 2.42. The molecule has 0 atom stereocenters. The van der Waals surface area contributed by atoms with Crippen LogP contribution in [0.4, 0.5) is 0 Å². The molecular formula is C16H22. The molecule has 0 aromatic heterocycles. The van der Waals surface area contributed by atoms with Gasteiger partial charge in [0.15, 0.2) is 0 Å². The molecule has 0 spiro atoms. The maximum absolute atomic E-state index is 5.07. The Morgan fingerprint density at radius 3 is 1.50 bits per heavy atom. The fourth-order valence-corrected chi connectivity index (χ4v) is 2.64. The van der Waals surface area contributed by atoms with E-state index in [1.807, 2.05) is 0 Å². The first-order chi connectivity index (χ1) is 7.39. The van der Waals surface area contributed by atoms with E-state index in [4.69, 9.17) is 6.42 Å². The smallest absolute Gasteiger partial charge is 0.0393 e. The highest BCUT2D eigenvalue weighted by molar-refractivity contribution is 5.35. The molecule has 0 rings (SSSR count). The van der Waals surface area contributed by atoms with E-state index in [2.05, 4.69) is 71.1 Å². The Kier molecular flexibility index (Phi) is 5.78. The van der Waals surface area contributed by atoms with Crippen molar-refractivity contribution < 1.29 is 0 Å². The average Bonchev–Trinajstić information content (AvgIpc) is 2.16. The molecule has 0 heteroatoms. The highest BCUT2D eigenvalue weighted by atomic mass is 14.4. The lowest BCUT2D eigenvalue weighted by molar-refractivity contribution is 0.123. The third kappa shape index (κ3) is 3.08. The van der Waals surface area contributed by atoms with Gasteiger partial charge in [-0.3, -0.25) is 0 Å². The summed E-state index contributed by atoms with van der Waals surface area (Å²) in [5.74, 6) is 15.3. The number of hydrogen-bond donors (Lipinski definition) is 0. The maximum atomic E-state index is 5.07. The van der Waals surface area contributed by atoms with E-state index in [-0.39, 0.29) is 5.41 Å². The summed E-state index contributed by atoms with van der Waals surface area (Å²) in [6, 6.07) is 0. The second kappa shape index (κ2) is 6.30. The Labute approximate surface area is 101 Å². The van der Waals surface area contributed by atoms with Gasteiger partial charge in [0.2, 0.25) is 0 Å². The van der Waals surface area contributed by atoms with Crippen molar-refractivity contribution in [1.82, 2.24) is 0 Å². The van der Waals surface area contributed by atoms with Crippen molar-refractivity contribution in [3.63, 3.8) is 0 Å². The highest BCUT2D eigenvalue weighted by Gasteiger charge is 2.38. The van der Waals surface area contributed by atoms with Crippen LogP contribution in [0.25, 0.3) is 0 Å². The Hall–Kier alpha value is -1.32. The van der Waals surface area contributed by atoms with Crippen LogP contribution in [0.3, 0.4) is 0 Å². The van der Waals surface area contributed by atoms with Crippen molar-refractivity contribution in [2.24, 2.45) is 23.2 Å². The SMILES string of the molecule is C#CC#CC#CC(C(C)C)(C(C)C)C(C)C. The van der Waals surface area contributed by atoms with Crippen LogP contribution in [-0.2, 0) is 0 Å². The molecule has 0 aliphatic rings. The Morgan fingerprint density at radius 2 is 1.19 bits per heavy atom. The van der Waals surface area contributed by atoms with Gasteiger partial charge in [0.25, 0.3) is 0 Å². The molecule has 0 unspecified atom stereocenters. The molecule has 0 aromatic rings. The first kappa shape index (κ1) is 14.7. The molecule has 0 nitrogen and oxygen atoms in total. The topological polar surface area (TPSA) is 0 Å². The predicted octanol–water partition coefficient (Wildman–Crippen LogP) is 3.58. The van der Waals surface area contributed by atoms with Crippen LogP contribution >= 0.6 is 0 Å². The monoisotopic (exact) mass is 214 g/mol. The van der Waals surface area contributed by atoms with Crippen molar-refractivity contribution in [3.8, 4) is 36.0 Å². The summed E-state index contributed by atoms with van der Waals surface area (Å²) in [4.78, 5) is 0. The third-order valence-corrected chi connectivity index (χ3v) is 3.34. The van der Waals surface area contributed by atoms with Gasteiger partial charge < -0.3 is 0 Å². The zero-order chi connectivity index (χ0) is 12.8. The summed E-state index contributed by atoms with van der Waals surface area (Å²) in [7, 11) is 0. The summed E-state index contributed by atoms with van der Waals surface area (Å²) in [6.45, 7) is 13.4. The predicted molar refractivity (Wildman–Crippen MR) is 71.3 cm³/mol. The second-order valence-corrected chi connectivity index (χ2v) is 5.04. The third-order valence-electron chi connectivity index (χ3n) is 3.34. The second-order valence-electron chi connectivity index (χ2n) is 5.04. The molecule has 0 aromatic carbocycles. The Morgan fingerprint density at radius 1 is 0.750 bits per heavy atom. The molecule has 0 fully saturated rings. The lowest BCUT2D eigenvalue weighted by atomic mass is 9.63. The quantitative estimate of drug-likeness (QED) is 0.630. The standard InChI is InChI=1S/C16H22/c1-8-9-10-11-12-16(13(2)3,14(4)5)15(6)7/h1,13-15H,2-7H3. The van der Waals surface area contributed by atoms with Crippen LogP contribution in [0.1, 0.15) is 41.5 Å².